The quantitative estimate of drug-likeness (QED) is 0.492. The van der Waals surface area contributed by atoms with Crippen LogP contribution in [0, 0.1) is 6.92 Å². The third-order valence-corrected chi connectivity index (χ3v) is 5.52. The molecular formula is C26H21N3O2. The maximum absolute atomic E-state index is 13.6. The standard InChI is InChI=1S/C26H21N3O2/c1-17-7-3-6-10-24(17)29-26(30)22(15-19-16-27-23-9-5-4-8-21(19)23)25(28-29)18-11-13-20(31-2)14-12-18/h3-16,28H,1-2H3/b19-15-. The van der Waals surface area contributed by atoms with Crippen LogP contribution in [0.3, 0.4) is 0 Å². The van der Waals surface area contributed by atoms with Crippen molar-refractivity contribution in [2.75, 3.05) is 7.11 Å². The van der Waals surface area contributed by atoms with E-state index in [2.05, 4.69) is 10.1 Å². The van der Waals surface area contributed by atoms with Gasteiger partial charge in [-0.1, -0.05) is 36.4 Å². The van der Waals surface area contributed by atoms with Crippen LogP contribution in [0.4, 0.5) is 5.69 Å². The fraction of sp³-hybridized carbons (Fsp3) is 0.0769. The zero-order valence-electron chi connectivity index (χ0n) is 17.3. The van der Waals surface area contributed by atoms with Crippen molar-refractivity contribution in [3.05, 3.63) is 99.8 Å². The van der Waals surface area contributed by atoms with Gasteiger partial charge < -0.3 is 4.74 Å². The Morgan fingerprint density at radius 3 is 2.48 bits per heavy atom. The van der Waals surface area contributed by atoms with E-state index in [0.29, 0.717) is 5.56 Å². The van der Waals surface area contributed by atoms with E-state index in [1.807, 2.05) is 92.0 Å². The van der Waals surface area contributed by atoms with Gasteiger partial charge in [0.15, 0.2) is 0 Å². The van der Waals surface area contributed by atoms with Crippen LogP contribution >= 0.6 is 0 Å². The smallest absolute Gasteiger partial charge is 0.279 e. The lowest BCUT2D eigenvalue weighted by atomic mass is 10.0. The number of nitrogens with one attached hydrogen (secondary N) is 1. The second-order valence-electron chi connectivity index (χ2n) is 7.43. The number of fused-ring (bicyclic) bond motifs is 1. The van der Waals surface area contributed by atoms with E-state index in [0.717, 1.165) is 45.1 Å². The number of hydrogen-bond acceptors (Lipinski definition) is 3. The van der Waals surface area contributed by atoms with Crippen molar-refractivity contribution >= 4 is 23.6 Å². The lowest BCUT2D eigenvalue weighted by Crippen LogP contribution is -2.16. The number of H-pyrrole nitrogens is 1. The summed E-state index contributed by atoms with van der Waals surface area (Å²) in [6.07, 6.45) is 3.73. The van der Waals surface area contributed by atoms with E-state index in [-0.39, 0.29) is 5.56 Å². The highest BCUT2D eigenvalue weighted by Crippen LogP contribution is 2.33. The van der Waals surface area contributed by atoms with Crippen molar-refractivity contribution in [2.45, 2.75) is 6.92 Å². The van der Waals surface area contributed by atoms with Gasteiger partial charge in [-0.05, 0) is 55.0 Å². The Kier molecular flexibility index (Phi) is 4.64. The molecule has 1 aromatic heterocycles. The molecule has 0 saturated carbocycles. The zero-order chi connectivity index (χ0) is 21.4. The summed E-state index contributed by atoms with van der Waals surface area (Å²) in [6, 6.07) is 23.4. The van der Waals surface area contributed by atoms with E-state index in [1.165, 1.54) is 0 Å². The van der Waals surface area contributed by atoms with Crippen molar-refractivity contribution in [1.29, 1.82) is 0 Å². The van der Waals surface area contributed by atoms with Crippen molar-refractivity contribution in [3.63, 3.8) is 0 Å². The number of aromatic nitrogens is 2. The Hall–Kier alpha value is -4.12. The predicted molar refractivity (Wildman–Crippen MR) is 126 cm³/mol. The Labute approximate surface area is 180 Å². The summed E-state index contributed by atoms with van der Waals surface area (Å²) in [6.45, 7) is 1.99. The first-order valence-corrected chi connectivity index (χ1v) is 10.1. The molecular weight excluding hydrogens is 386 g/mol. The number of methoxy groups -OCH3 is 1. The second-order valence-corrected chi connectivity index (χ2v) is 7.43. The number of rotatable bonds is 4. The maximum Gasteiger partial charge on any atom is 0.279 e. The van der Waals surface area contributed by atoms with Gasteiger partial charge in [-0.15, -0.1) is 0 Å². The normalized spacial score (nSPS) is 13.5. The first-order chi connectivity index (χ1) is 15.2. The Morgan fingerprint density at radius 2 is 1.71 bits per heavy atom. The van der Waals surface area contributed by atoms with Gasteiger partial charge in [0.25, 0.3) is 5.56 Å². The van der Waals surface area contributed by atoms with Gasteiger partial charge >= 0.3 is 0 Å². The van der Waals surface area contributed by atoms with E-state index in [9.17, 15) is 4.79 Å². The summed E-state index contributed by atoms with van der Waals surface area (Å²) < 4.78 is 6.90. The fourth-order valence-electron chi connectivity index (χ4n) is 3.86. The molecule has 0 aliphatic carbocycles. The molecule has 0 spiro atoms. The number of ether oxygens (including phenoxy) is 1. The minimum absolute atomic E-state index is 0.106. The van der Waals surface area contributed by atoms with Crippen LogP contribution in [0.2, 0.25) is 0 Å². The highest BCUT2D eigenvalue weighted by atomic mass is 16.5. The average Bonchev–Trinajstić information content (AvgIpc) is 3.36. The molecule has 5 nitrogen and oxygen atoms in total. The SMILES string of the molecule is COc1ccc(-c2[nH]n(-c3ccccc3C)c(=O)c2/C=C2/C=Nc3ccccc32)cc1. The van der Waals surface area contributed by atoms with Crippen LogP contribution in [-0.4, -0.2) is 23.1 Å². The predicted octanol–water partition coefficient (Wildman–Crippen LogP) is 5.41. The molecule has 0 bridgehead atoms. The number of nitrogens with zero attached hydrogens (tertiary/aromatic N) is 2. The van der Waals surface area contributed by atoms with E-state index in [4.69, 9.17) is 4.74 Å². The van der Waals surface area contributed by atoms with Gasteiger partial charge in [-0.25, -0.2) is 4.68 Å². The molecule has 0 saturated heterocycles. The van der Waals surface area contributed by atoms with Crippen LogP contribution < -0.4 is 10.3 Å². The number of allylic oxidation sites excluding steroid dienone is 1. The van der Waals surface area contributed by atoms with Crippen molar-refractivity contribution in [1.82, 2.24) is 9.78 Å². The van der Waals surface area contributed by atoms with Gasteiger partial charge in [-0.3, -0.25) is 14.9 Å². The van der Waals surface area contributed by atoms with Crippen molar-refractivity contribution < 1.29 is 4.74 Å². The Balaban J connectivity index is 1.73. The lowest BCUT2D eigenvalue weighted by molar-refractivity contribution is 0.415. The van der Waals surface area contributed by atoms with Crippen molar-refractivity contribution in [2.24, 2.45) is 4.99 Å². The number of para-hydroxylation sites is 2. The van der Waals surface area contributed by atoms with Crippen LogP contribution in [0.25, 0.3) is 28.6 Å². The van der Waals surface area contributed by atoms with Crippen LogP contribution in [0.1, 0.15) is 16.7 Å². The van der Waals surface area contributed by atoms with Crippen LogP contribution in [0.5, 0.6) is 5.75 Å². The number of hydrogen-bond donors (Lipinski definition) is 1. The molecule has 5 heteroatoms. The molecule has 0 radical (unpaired) electrons. The molecule has 3 aromatic carbocycles. The first kappa shape index (κ1) is 18.9. The molecule has 2 heterocycles. The minimum atomic E-state index is -0.106. The molecule has 0 amide bonds. The molecule has 5 rings (SSSR count). The van der Waals surface area contributed by atoms with Crippen LogP contribution in [-0.2, 0) is 0 Å². The number of aryl methyl sites for hydroxylation is 1. The van der Waals surface area contributed by atoms with E-state index < -0.39 is 0 Å². The molecule has 0 unspecified atom stereocenters. The highest BCUT2D eigenvalue weighted by molar-refractivity contribution is 6.21. The zero-order valence-corrected chi connectivity index (χ0v) is 17.3. The van der Waals surface area contributed by atoms with E-state index >= 15 is 0 Å². The summed E-state index contributed by atoms with van der Waals surface area (Å²) in [5.74, 6) is 0.765. The molecule has 31 heavy (non-hydrogen) atoms. The van der Waals surface area contributed by atoms with Gasteiger partial charge in [0.1, 0.15) is 5.75 Å². The number of aliphatic imine (C=N–C) groups is 1. The highest BCUT2D eigenvalue weighted by Gasteiger charge is 2.19. The van der Waals surface area contributed by atoms with E-state index in [1.54, 1.807) is 11.8 Å². The molecule has 0 fully saturated rings. The minimum Gasteiger partial charge on any atom is -0.497 e. The maximum atomic E-state index is 13.6. The van der Waals surface area contributed by atoms with Gasteiger partial charge in [0.05, 0.1) is 29.7 Å². The average molecular weight is 407 g/mol. The van der Waals surface area contributed by atoms with Gasteiger partial charge in [0, 0.05) is 22.9 Å². The molecule has 1 aliphatic heterocycles. The summed E-state index contributed by atoms with van der Waals surface area (Å²) in [5.41, 5.74) is 6.82. The Morgan fingerprint density at radius 1 is 0.968 bits per heavy atom. The van der Waals surface area contributed by atoms with Gasteiger partial charge in [-0.2, -0.15) is 0 Å². The monoisotopic (exact) mass is 407 g/mol. The van der Waals surface area contributed by atoms with Gasteiger partial charge in [0.2, 0.25) is 0 Å². The summed E-state index contributed by atoms with van der Waals surface area (Å²) >= 11 is 0. The summed E-state index contributed by atoms with van der Waals surface area (Å²) in [4.78, 5) is 18.0. The van der Waals surface area contributed by atoms with Crippen molar-refractivity contribution in [3.8, 4) is 22.7 Å². The fourth-order valence-corrected chi connectivity index (χ4v) is 3.86. The number of aromatic amines is 1. The molecule has 1 aliphatic rings. The molecule has 4 aromatic rings. The molecule has 152 valence electrons. The third-order valence-electron chi connectivity index (χ3n) is 5.52. The summed E-state index contributed by atoms with van der Waals surface area (Å²) in [5, 5.41) is 3.33. The summed E-state index contributed by atoms with van der Waals surface area (Å²) in [7, 11) is 1.64. The molecule has 0 atom stereocenters. The Bertz CT molecular complexity index is 1390. The number of benzene rings is 3. The largest absolute Gasteiger partial charge is 0.497 e. The topological polar surface area (TPSA) is 59.4 Å². The molecule has 1 N–H and O–H groups in total. The first-order valence-electron chi connectivity index (χ1n) is 10.1. The third kappa shape index (κ3) is 3.30. The lowest BCUT2D eigenvalue weighted by Gasteiger charge is -2.06. The van der Waals surface area contributed by atoms with Crippen LogP contribution in [0.15, 0.2) is 82.6 Å². The second kappa shape index (κ2) is 7.61.